The summed E-state index contributed by atoms with van der Waals surface area (Å²) in [5.41, 5.74) is 0. The normalized spacial score (nSPS) is 12.6. The first-order chi connectivity index (χ1) is 36.0. The monoisotopic (exact) mass is 1020 g/mol. The van der Waals surface area contributed by atoms with Gasteiger partial charge in [-0.1, -0.05) is 254 Å². The van der Waals surface area contributed by atoms with Crippen LogP contribution in [0.4, 0.5) is 0 Å². The first-order valence-electron chi connectivity index (χ1n) is 31.1. The summed E-state index contributed by atoms with van der Waals surface area (Å²) in [6, 6.07) is 0. The largest absolute Gasteiger partial charge is 0.462 e. The Balaban J connectivity index is 4.21. The molecule has 0 heterocycles. The molecule has 1 unspecified atom stereocenters. The summed E-state index contributed by atoms with van der Waals surface area (Å²) in [5.74, 6) is -0.891. The molecule has 0 fully saturated rings. The molecule has 0 rings (SSSR count). The maximum absolute atomic E-state index is 12.8. The van der Waals surface area contributed by atoms with Crippen LogP contribution in [0.25, 0.3) is 0 Å². The molecular formula is C67H116O6. The Hall–Kier alpha value is -3.41. The van der Waals surface area contributed by atoms with E-state index in [1.807, 2.05) is 0 Å². The number of hydrogen-bond acceptors (Lipinski definition) is 6. The zero-order valence-corrected chi connectivity index (χ0v) is 48.1. The molecule has 0 spiro atoms. The van der Waals surface area contributed by atoms with E-state index in [4.69, 9.17) is 14.2 Å². The predicted molar refractivity (Wildman–Crippen MR) is 316 cm³/mol. The van der Waals surface area contributed by atoms with E-state index in [9.17, 15) is 14.4 Å². The molecule has 6 nitrogen and oxygen atoms in total. The predicted octanol–water partition coefficient (Wildman–Crippen LogP) is 21.1. The van der Waals surface area contributed by atoms with Crippen LogP contribution in [0.1, 0.15) is 303 Å². The van der Waals surface area contributed by atoms with Crippen LogP contribution in [0.5, 0.6) is 0 Å². The molecule has 0 radical (unpaired) electrons. The Morgan fingerprint density at radius 2 is 0.534 bits per heavy atom. The van der Waals surface area contributed by atoms with E-state index in [1.54, 1.807) is 0 Å². The highest BCUT2D eigenvalue weighted by Crippen LogP contribution is 2.16. The van der Waals surface area contributed by atoms with Crippen LogP contribution in [0.2, 0.25) is 0 Å². The van der Waals surface area contributed by atoms with Crippen molar-refractivity contribution < 1.29 is 28.6 Å². The fourth-order valence-electron chi connectivity index (χ4n) is 8.69. The van der Waals surface area contributed by atoms with Crippen molar-refractivity contribution in [1.29, 1.82) is 0 Å². The van der Waals surface area contributed by atoms with E-state index < -0.39 is 6.10 Å². The van der Waals surface area contributed by atoms with Crippen LogP contribution < -0.4 is 0 Å². The van der Waals surface area contributed by atoms with Gasteiger partial charge in [-0.3, -0.25) is 14.4 Å². The maximum Gasteiger partial charge on any atom is 0.306 e. The molecule has 1 atom stereocenters. The Labute approximate surface area is 452 Å². The molecule has 0 saturated heterocycles. The molecule has 0 aromatic carbocycles. The summed E-state index contributed by atoms with van der Waals surface area (Å²) in [6.07, 6.45) is 80.2. The quantitative estimate of drug-likeness (QED) is 0.0261. The lowest BCUT2D eigenvalue weighted by molar-refractivity contribution is -0.167. The van der Waals surface area contributed by atoms with Crippen molar-refractivity contribution in [3.8, 4) is 0 Å². The number of esters is 3. The van der Waals surface area contributed by atoms with Gasteiger partial charge in [-0.15, -0.1) is 0 Å². The topological polar surface area (TPSA) is 78.9 Å². The summed E-state index contributed by atoms with van der Waals surface area (Å²) in [7, 11) is 0. The van der Waals surface area contributed by atoms with Gasteiger partial charge in [-0.2, -0.15) is 0 Å². The minimum absolute atomic E-state index is 0.0811. The maximum atomic E-state index is 12.8. The summed E-state index contributed by atoms with van der Waals surface area (Å²) in [4.78, 5) is 38.2. The van der Waals surface area contributed by atoms with E-state index in [1.165, 1.54) is 154 Å². The van der Waals surface area contributed by atoms with Gasteiger partial charge in [-0.25, -0.2) is 0 Å². The van der Waals surface area contributed by atoms with E-state index >= 15 is 0 Å². The molecule has 0 amide bonds. The van der Waals surface area contributed by atoms with Gasteiger partial charge in [0.25, 0.3) is 0 Å². The number of carbonyl (C=O) groups is 3. The minimum atomic E-state index is -0.783. The highest BCUT2D eigenvalue weighted by atomic mass is 16.6. The van der Waals surface area contributed by atoms with Gasteiger partial charge in [0.05, 0.1) is 0 Å². The number of ether oxygens (including phenoxy) is 3. The average Bonchev–Trinajstić information content (AvgIpc) is 3.39. The zero-order valence-electron chi connectivity index (χ0n) is 48.1. The van der Waals surface area contributed by atoms with Gasteiger partial charge in [0.1, 0.15) is 13.2 Å². The van der Waals surface area contributed by atoms with Gasteiger partial charge in [-0.05, 0) is 116 Å². The molecule has 0 aliphatic rings. The first kappa shape index (κ1) is 69.6. The van der Waals surface area contributed by atoms with Crippen LogP contribution in [0.15, 0.2) is 85.1 Å². The molecule has 0 aliphatic carbocycles. The van der Waals surface area contributed by atoms with E-state index in [2.05, 4.69) is 106 Å². The summed E-state index contributed by atoms with van der Waals surface area (Å²) in [5, 5.41) is 0. The molecule has 0 aliphatic heterocycles. The van der Waals surface area contributed by atoms with Gasteiger partial charge >= 0.3 is 17.9 Å². The molecule has 0 saturated carbocycles. The lowest BCUT2D eigenvalue weighted by atomic mass is 10.0. The molecule has 73 heavy (non-hydrogen) atoms. The second kappa shape index (κ2) is 61.1. The zero-order chi connectivity index (χ0) is 52.9. The van der Waals surface area contributed by atoms with Crippen molar-refractivity contribution in [3.05, 3.63) is 85.1 Å². The van der Waals surface area contributed by atoms with E-state index in [0.29, 0.717) is 19.3 Å². The Bertz CT molecular complexity index is 1400. The van der Waals surface area contributed by atoms with Crippen LogP contribution >= 0.6 is 0 Å². The highest BCUT2D eigenvalue weighted by Gasteiger charge is 2.19. The minimum Gasteiger partial charge on any atom is -0.462 e. The van der Waals surface area contributed by atoms with E-state index in [-0.39, 0.29) is 31.1 Å². The third-order valence-corrected chi connectivity index (χ3v) is 13.4. The molecule has 6 heteroatoms. The standard InChI is InChI=1S/C67H116O6/c1-4-7-10-13-16-19-22-25-26-27-28-29-30-31-32-33-34-35-36-37-38-39-40-43-45-48-51-54-57-60-66(69)72-63-64(73-67(70)61-58-55-52-49-46-42-24-21-18-15-12-9-6-3)62-71-65(68)59-56-53-50-47-44-41-23-20-17-14-11-8-5-2/h7,10,16,19-21,23-26,28-29,31-32,64H,4-6,8-9,11-15,17-18,22,27,30,33-63H2,1-3H3/b10-7-,19-16-,23-20-,24-21-,26-25-,29-28-,32-31-. The average molecular weight is 1020 g/mol. The third-order valence-electron chi connectivity index (χ3n) is 13.4. The van der Waals surface area contributed by atoms with Crippen molar-refractivity contribution in [1.82, 2.24) is 0 Å². The summed E-state index contributed by atoms with van der Waals surface area (Å²) in [6.45, 7) is 6.50. The Kier molecular flexibility index (Phi) is 58.3. The number of hydrogen-bond donors (Lipinski definition) is 0. The molecule has 420 valence electrons. The van der Waals surface area contributed by atoms with Crippen molar-refractivity contribution in [2.45, 2.75) is 309 Å². The Morgan fingerprint density at radius 3 is 0.849 bits per heavy atom. The van der Waals surface area contributed by atoms with E-state index in [0.717, 1.165) is 109 Å². The second-order valence-electron chi connectivity index (χ2n) is 20.6. The molecule has 0 aromatic heterocycles. The lowest BCUT2D eigenvalue weighted by Gasteiger charge is -2.18. The van der Waals surface area contributed by atoms with Gasteiger partial charge in [0.15, 0.2) is 6.10 Å². The number of carbonyl (C=O) groups excluding carboxylic acids is 3. The van der Waals surface area contributed by atoms with Crippen molar-refractivity contribution >= 4 is 17.9 Å². The number of rotatable bonds is 56. The van der Waals surface area contributed by atoms with Crippen molar-refractivity contribution in [3.63, 3.8) is 0 Å². The Morgan fingerprint density at radius 1 is 0.288 bits per heavy atom. The highest BCUT2D eigenvalue weighted by molar-refractivity contribution is 5.71. The summed E-state index contributed by atoms with van der Waals surface area (Å²) < 4.78 is 16.9. The number of unbranched alkanes of at least 4 members (excludes halogenated alkanes) is 31. The molecule has 0 bridgehead atoms. The number of allylic oxidation sites excluding steroid dienone is 14. The fourth-order valence-corrected chi connectivity index (χ4v) is 8.69. The van der Waals surface area contributed by atoms with Gasteiger partial charge in [0.2, 0.25) is 0 Å². The molecule has 0 aromatic rings. The summed E-state index contributed by atoms with van der Waals surface area (Å²) >= 11 is 0. The second-order valence-corrected chi connectivity index (χ2v) is 20.6. The fraction of sp³-hybridized carbons (Fsp3) is 0.746. The smallest absolute Gasteiger partial charge is 0.306 e. The van der Waals surface area contributed by atoms with Crippen LogP contribution in [0.3, 0.4) is 0 Å². The van der Waals surface area contributed by atoms with Crippen LogP contribution in [-0.2, 0) is 28.6 Å². The van der Waals surface area contributed by atoms with Gasteiger partial charge < -0.3 is 14.2 Å². The van der Waals surface area contributed by atoms with Crippen molar-refractivity contribution in [2.75, 3.05) is 13.2 Å². The van der Waals surface area contributed by atoms with Crippen LogP contribution in [-0.4, -0.2) is 37.2 Å². The van der Waals surface area contributed by atoms with Crippen LogP contribution in [0, 0.1) is 0 Å². The molecular weight excluding hydrogens is 901 g/mol. The first-order valence-corrected chi connectivity index (χ1v) is 31.1. The third kappa shape index (κ3) is 59.3. The molecule has 0 N–H and O–H groups in total. The SMILES string of the molecule is CC/C=C\C/C=C\C/C=C\C/C=C\C/C=C\CCCCCCCCCCCCCCCC(=O)OCC(COC(=O)CCCCCCC/C=C\CCCCCC)OC(=O)CCCCCCC/C=C\CCCCCC. The lowest BCUT2D eigenvalue weighted by Crippen LogP contribution is -2.30. The van der Waals surface area contributed by atoms with Gasteiger partial charge in [0, 0.05) is 19.3 Å². The van der Waals surface area contributed by atoms with Crippen molar-refractivity contribution in [2.24, 2.45) is 0 Å².